The Hall–Kier alpha value is -4.09. The lowest BCUT2D eigenvalue weighted by atomic mass is 9.93. The number of halogens is 2. The minimum atomic E-state index is -0.302. The SMILES string of the molecule is [C-]#[N+]c1ccc2c(n1)c(N1C[C@@H](C)N(C(c3ccc(F)cc3)c3ccc(F)cc3)C[C@@H]1C)c(C1CC1)c(=O)n2C. The van der Waals surface area contributed by atoms with Crippen LogP contribution < -0.4 is 10.5 Å². The van der Waals surface area contributed by atoms with Gasteiger partial charge in [0.25, 0.3) is 11.4 Å². The molecule has 2 atom stereocenters. The third-order valence-electron chi connectivity index (χ3n) is 8.36. The molecule has 0 amide bonds. The van der Waals surface area contributed by atoms with Crippen molar-refractivity contribution < 1.29 is 8.78 Å². The van der Waals surface area contributed by atoms with E-state index in [4.69, 9.17) is 11.6 Å². The maximum Gasteiger partial charge on any atom is 0.270 e. The highest BCUT2D eigenvalue weighted by molar-refractivity contribution is 5.92. The van der Waals surface area contributed by atoms with Crippen LogP contribution in [0.3, 0.4) is 0 Å². The lowest BCUT2D eigenvalue weighted by Gasteiger charge is -2.48. The number of aryl methyl sites for hydroxylation is 1. The van der Waals surface area contributed by atoms with Crippen LogP contribution in [-0.4, -0.2) is 39.6 Å². The molecule has 1 saturated heterocycles. The van der Waals surface area contributed by atoms with Crippen molar-refractivity contribution in [3.05, 3.63) is 111 Å². The number of hydrogen-bond acceptors (Lipinski definition) is 4. The summed E-state index contributed by atoms with van der Waals surface area (Å²) in [6, 6.07) is 16.4. The normalized spacial score (nSPS) is 19.8. The van der Waals surface area contributed by atoms with E-state index in [2.05, 4.69) is 28.5 Å². The zero-order valence-corrected chi connectivity index (χ0v) is 22.8. The Morgan fingerprint density at radius 1 is 0.900 bits per heavy atom. The minimum absolute atomic E-state index is 0.000135. The predicted octanol–water partition coefficient (Wildman–Crippen LogP) is 6.33. The van der Waals surface area contributed by atoms with E-state index in [1.165, 1.54) is 24.3 Å². The molecule has 0 bridgehead atoms. The monoisotopic (exact) mass is 539 g/mol. The summed E-state index contributed by atoms with van der Waals surface area (Å²) in [5, 5.41) is 0. The van der Waals surface area contributed by atoms with Crippen molar-refractivity contribution in [1.29, 1.82) is 0 Å². The maximum absolute atomic E-state index is 13.9. The van der Waals surface area contributed by atoms with Gasteiger partial charge in [-0.25, -0.2) is 8.78 Å². The van der Waals surface area contributed by atoms with Crippen LogP contribution in [0.2, 0.25) is 0 Å². The number of piperazine rings is 1. The molecule has 3 heterocycles. The molecule has 0 spiro atoms. The molecule has 4 aromatic rings. The van der Waals surface area contributed by atoms with Gasteiger partial charge in [-0.3, -0.25) is 9.69 Å². The summed E-state index contributed by atoms with van der Waals surface area (Å²) in [5.74, 6) is -0.0992. The van der Waals surface area contributed by atoms with Gasteiger partial charge in [-0.1, -0.05) is 30.8 Å². The van der Waals surface area contributed by atoms with E-state index in [9.17, 15) is 13.6 Å². The summed E-state index contributed by atoms with van der Waals surface area (Å²) >= 11 is 0. The summed E-state index contributed by atoms with van der Waals surface area (Å²) in [7, 11) is 1.78. The van der Waals surface area contributed by atoms with Crippen LogP contribution in [0.5, 0.6) is 0 Å². The third kappa shape index (κ3) is 4.54. The van der Waals surface area contributed by atoms with E-state index in [-0.39, 0.29) is 41.2 Å². The summed E-state index contributed by atoms with van der Waals surface area (Å²) < 4.78 is 29.4. The molecule has 6 nitrogen and oxygen atoms in total. The van der Waals surface area contributed by atoms with Crippen molar-refractivity contribution in [2.75, 3.05) is 18.0 Å². The molecular formula is C32H31F2N5O. The number of rotatable bonds is 5. The number of nitrogens with zero attached hydrogens (tertiary/aromatic N) is 5. The average molecular weight is 540 g/mol. The van der Waals surface area contributed by atoms with Gasteiger partial charge in [0.1, 0.15) is 11.6 Å². The van der Waals surface area contributed by atoms with Crippen molar-refractivity contribution in [1.82, 2.24) is 14.5 Å². The molecule has 2 aliphatic rings. The van der Waals surface area contributed by atoms with Gasteiger partial charge in [-0.2, -0.15) is 0 Å². The van der Waals surface area contributed by atoms with Gasteiger partial charge in [0.15, 0.2) is 0 Å². The summed E-state index contributed by atoms with van der Waals surface area (Å²) in [6.45, 7) is 13.1. The van der Waals surface area contributed by atoms with E-state index in [0.29, 0.717) is 24.4 Å². The molecule has 40 heavy (non-hydrogen) atoms. The van der Waals surface area contributed by atoms with E-state index in [1.54, 1.807) is 41.9 Å². The van der Waals surface area contributed by atoms with Gasteiger partial charge in [0, 0.05) is 37.8 Å². The van der Waals surface area contributed by atoms with Crippen molar-refractivity contribution in [3.63, 3.8) is 0 Å². The van der Waals surface area contributed by atoms with Crippen LogP contribution in [0.25, 0.3) is 15.9 Å². The minimum Gasteiger partial charge on any atom is -0.362 e. The Kier molecular flexibility index (Phi) is 6.63. The van der Waals surface area contributed by atoms with E-state index in [0.717, 1.165) is 40.7 Å². The molecule has 2 fully saturated rings. The van der Waals surface area contributed by atoms with Gasteiger partial charge in [-0.05, 0) is 80.1 Å². The predicted molar refractivity (Wildman–Crippen MR) is 153 cm³/mol. The number of pyridine rings is 2. The Morgan fingerprint density at radius 2 is 1.50 bits per heavy atom. The molecule has 2 aromatic carbocycles. The van der Waals surface area contributed by atoms with Crippen LogP contribution in [-0.2, 0) is 7.05 Å². The first kappa shape index (κ1) is 26.1. The quantitative estimate of drug-likeness (QED) is 0.278. The first-order valence-electron chi connectivity index (χ1n) is 13.7. The van der Waals surface area contributed by atoms with Crippen LogP contribution in [0, 0.1) is 18.2 Å². The molecule has 2 aromatic heterocycles. The standard InChI is InChI=1S/C32H31F2N5O/c1-19-18-39(31-28(21-5-6-21)32(40)37(4)26-15-16-27(35-3)36-29(26)31)20(2)17-38(19)30(22-7-11-24(33)12-8-22)23-9-13-25(34)14-10-23/h7-16,19-21,30H,5-6,17-18H2,1-2,4H3/t19-,20+/m1/s1. The molecule has 204 valence electrons. The van der Waals surface area contributed by atoms with E-state index >= 15 is 0 Å². The van der Waals surface area contributed by atoms with Crippen LogP contribution in [0.1, 0.15) is 55.3 Å². The van der Waals surface area contributed by atoms with Gasteiger partial charge in [-0.15, -0.1) is 4.98 Å². The van der Waals surface area contributed by atoms with E-state index < -0.39 is 0 Å². The van der Waals surface area contributed by atoms with Gasteiger partial charge in [0.05, 0.1) is 17.2 Å². The zero-order valence-electron chi connectivity index (χ0n) is 22.8. The highest BCUT2D eigenvalue weighted by atomic mass is 19.1. The highest BCUT2D eigenvalue weighted by Crippen LogP contribution is 2.46. The summed E-state index contributed by atoms with van der Waals surface area (Å²) in [5.41, 5.74) is 4.92. The third-order valence-corrected chi connectivity index (χ3v) is 8.36. The van der Waals surface area contributed by atoms with Gasteiger partial charge < -0.3 is 14.3 Å². The van der Waals surface area contributed by atoms with Crippen molar-refractivity contribution >= 4 is 22.5 Å². The number of hydrogen-bond donors (Lipinski definition) is 0. The smallest absolute Gasteiger partial charge is 0.270 e. The zero-order chi connectivity index (χ0) is 28.1. The lowest BCUT2D eigenvalue weighted by molar-refractivity contribution is 0.130. The number of aromatic nitrogens is 2. The van der Waals surface area contributed by atoms with Gasteiger partial charge in [0.2, 0.25) is 5.52 Å². The molecule has 1 saturated carbocycles. The largest absolute Gasteiger partial charge is 0.362 e. The Labute approximate surface area is 232 Å². The summed E-state index contributed by atoms with van der Waals surface area (Å²) in [4.78, 5) is 26.6. The van der Waals surface area contributed by atoms with Crippen LogP contribution >= 0.6 is 0 Å². The topological polar surface area (TPSA) is 45.7 Å². The van der Waals surface area contributed by atoms with Crippen molar-refractivity contribution in [2.45, 2.75) is 50.7 Å². The van der Waals surface area contributed by atoms with Crippen molar-refractivity contribution in [3.8, 4) is 0 Å². The fourth-order valence-corrected chi connectivity index (χ4v) is 6.19. The molecule has 0 radical (unpaired) electrons. The average Bonchev–Trinajstić information content (AvgIpc) is 3.79. The molecule has 0 unspecified atom stereocenters. The second kappa shape index (κ2) is 10.1. The summed E-state index contributed by atoms with van der Waals surface area (Å²) in [6.07, 6.45) is 1.94. The molecule has 6 rings (SSSR count). The molecule has 1 aliphatic carbocycles. The van der Waals surface area contributed by atoms with Gasteiger partial charge >= 0.3 is 0 Å². The highest BCUT2D eigenvalue weighted by Gasteiger charge is 2.40. The maximum atomic E-state index is 13.9. The number of fused-ring (bicyclic) bond motifs is 1. The second-order valence-electron chi connectivity index (χ2n) is 11.1. The van der Waals surface area contributed by atoms with Crippen molar-refractivity contribution in [2.24, 2.45) is 7.05 Å². The Bertz CT molecular complexity index is 1630. The van der Waals surface area contributed by atoms with Crippen LogP contribution in [0.15, 0.2) is 65.5 Å². The fourth-order valence-electron chi connectivity index (χ4n) is 6.19. The molecule has 0 N–H and O–H groups in total. The number of benzene rings is 2. The first-order valence-corrected chi connectivity index (χ1v) is 13.7. The van der Waals surface area contributed by atoms with E-state index in [1.807, 2.05) is 6.07 Å². The lowest BCUT2D eigenvalue weighted by Crippen LogP contribution is -2.58. The number of anilines is 1. The fraction of sp³-hybridized carbons (Fsp3) is 0.344. The molecule has 1 aliphatic heterocycles. The van der Waals surface area contributed by atoms with Crippen LogP contribution in [0.4, 0.5) is 20.3 Å². The second-order valence-corrected chi connectivity index (χ2v) is 11.1. The first-order chi connectivity index (χ1) is 19.3. The molecule has 8 heteroatoms. The molecular weight excluding hydrogens is 508 g/mol. The Balaban J connectivity index is 1.45. The Morgan fingerprint density at radius 3 is 2.05 bits per heavy atom.